The summed E-state index contributed by atoms with van der Waals surface area (Å²) in [5.74, 6) is 0.362. The summed E-state index contributed by atoms with van der Waals surface area (Å²) in [5, 5.41) is 0. The third-order valence-electron chi connectivity index (χ3n) is 4.90. The Labute approximate surface area is 131 Å². The highest BCUT2D eigenvalue weighted by Crippen LogP contribution is 2.46. The van der Waals surface area contributed by atoms with E-state index in [9.17, 15) is 4.79 Å². The molecule has 0 N–H and O–H groups in total. The molecular formula is C21H20O. The molecule has 2 aliphatic rings. The van der Waals surface area contributed by atoms with Crippen molar-refractivity contribution in [2.24, 2.45) is 0 Å². The molecule has 2 aromatic carbocycles. The molecule has 1 fully saturated rings. The summed E-state index contributed by atoms with van der Waals surface area (Å²) in [6.07, 6.45) is 6.25. The average molecular weight is 288 g/mol. The fourth-order valence-corrected chi connectivity index (χ4v) is 3.84. The van der Waals surface area contributed by atoms with Gasteiger partial charge in [0, 0.05) is 12.0 Å². The molecule has 4 rings (SSSR count). The fraction of sp³-hybridized carbons (Fsp3) is 0.286. The van der Waals surface area contributed by atoms with Crippen molar-refractivity contribution in [3.63, 3.8) is 0 Å². The summed E-state index contributed by atoms with van der Waals surface area (Å²) in [7, 11) is 0. The van der Waals surface area contributed by atoms with Crippen LogP contribution in [0.15, 0.2) is 54.1 Å². The van der Waals surface area contributed by atoms with Crippen LogP contribution in [0.25, 0.3) is 16.7 Å². The van der Waals surface area contributed by atoms with Crippen LogP contribution in [0.3, 0.4) is 0 Å². The molecule has 1 saturated carbocycles. The number of Topliss-reactive ketones (excluding diaryl/α,β-unsaturated/α-hetero) is 1. The Morgan fingerprint density at radius 3 is 1.68 bits per heavy atom. The van der Waals surface area contributed by atoms with Crippen LogP contribution in [0.1, 0.15) is 49.7 Å². The normalized spacial score (nSPS) is 17.7. The number of fused-ring (bicyclic) bond motifs is 3. The van der Waals surface area contributed by atoms with Crippen molar-refractivity contribution in [2.45, 2.75) is 38.5 Å². The number of ketones is 1. The second-order valence-corrected chi connectivity index (χ2v) is 6.28. The fourth-order valence-electron chi connectivity index (χ4n) is 3.84. The van der Waals surface area contributed by atoms with E-state index in [0.29, 0.717) is 12.2 Å². The Hall–Kier alpha value is -2.15. The van der Waals surface area contributed by atoms with Gasteiger partial charge >= 0.3 is 0 Å². The summed E-state index contributed by atoms with van der Waals surface area (Å²) >= 11 is 0. The van der Waals surface area contributed by atoms with Gasteiger partial charge in [0.25, 0.3) is 0 Å². The number of carbonyl (C=O) groups excluding carboxylic acids is 1. The highest BCUT2D eigenvalue weighted by Gasteiger charge is 2.27. The van der Waals surface area contributed by atoms with E-state index in [4.69, 9.17) is 0 Å². The molecule has 0 bridgehead atoms. The molecule has 1 heteroatoms. The van der Waals surface area contributed by atoms with Gasteiger partial charge in [-0.05, 0) is 47.1 Å². The SMILES string of the molecule is O=C1CCCCCCC1=C1c2ccccc2-c2ccccc21. The Balaban J connectivity index is 1.97. The van der Waals surface area contributed by atoms with Crippen molar-refractivity contribution in [2.75, 3.05) is 0 Å². The molecule has 0 atom stereocenters. The first kappa shape index (κ1) is 13.5. The minimum absolute atomic E-state index is 0.362. The van der Waals surface area contributed by atoms with Crippen LogP contribution in [0, 0.1) is 0 Å². The zero-order chi connectivity index (χ0) is 14.9. The quantitative estimate of drug-likeness (QED) is 0.507. The van der Waals surface area contributed by atoms with Crippen molar-refractivity contribution >= 4 is 11.4 Å². The zero-order valence-corrected chi connectivity index (χ0v) is 12.8. The largest absolute Gasteiger partial charge is 0.295 e. The lowest BCUT2D eigenvalue weighted by Gasteiger charge is -2.15. The topological polar surface area (TPSA) is 17.1 Å². The van der Waals surface area contributed by atoms with Crippen molar-refractivity contribution in [1.82, 2.24) is 0 Å². The molecule has 22 heavy (non-hydrogen) atoms. The molecule has 2 aromatic rings. The Morgan fingerprint density at radius 1 is 0.591 bits per heavy atom. The summed E-state index contributed by atoms with van der Waals surface area (Å²) in [5.41, 5.74) is 7.31. The second kappa shape index (κ2) is 5.57. The first-order chi connectivity index (χ1) is 10.9. The zero-order valence-electron chi connectivity index (χ0n) is 12.8. The Morgan fingerprint density at radius 2 is 1.09 bits per heavy atom. The number of carbonyl (C=O) groups is 1. The summed E-state index contributed by atoms with van der Waals surface area (Å²) in [6.45, 7) is 0. The first-order valence-electron chi connectivity index (χ1n) is 8.32. The predicted molar refractivity (Wildman–Crippen MR) is 90.6 cm³/mol. The van der Waals surface area contributed by atoms with Crippen LogP contribution in [0.5, 0.6) is 0 Å². The number of benzene rings is 2. The van der Waals surface area contributed by atoms with Gasteiger partial charge in [0.15, 0.2) is 5.78 Å². The predicted octanol–water partition coefficient (Wildman–Crippen LogP) is 5.39. The van der Waals surface area contributed by atoms with Crippen molar-refractivity contribution in [3.8, 4) is 11.1 Å². The molecule has 0 saturated heterocycles. The van der Waals surface area contributed by atoms with E-state index in [2.05, 4.69) is 48.5 Å². The maximum atomic E-state index is 12.7. The van der Waals surface area contributed by atoms with Gasteiger partial charge in [-0.25, -0.2) is 0 Å². The number of allylic oxidation sites excluding steroid dienone is 1. The van der Waals surface area contributed by atoms with Gasteiger partial charge in [-0.3, -0.25) is 4.79 Å². The Kier molecular flexibility index (Phi) is 3.42. The number of hydrogen-bond donors (Lipinski definition) is 0. The van der Waals surface area contributed by atoms with Gasteiger partial charge in [0.1, 0.15) is 0 Å². The lowest BCUT2D eigenvalue weighted by molar-refractivity contribution is -0.115. The van der Waals surface area contributed by atoms with E-state index in [1.807, 2.05) is 0 Å². The van der Waals surface area contributed by atoms with Crippen LogP contribution < -0.4 is 0 Å². The van der Waals surface area contributed by atoms with Crippen molar-refractivity contribution in [1.29, 1.82) is 0 Å². The average Bonchev–Trinajstić information content (AvgIpc) is 2.87. The molecule has 0 spiro atoms. The maximum absolute atomic E-state index is 12.7. The summed E-state index contributed by atoms with van der Waals surface area (Å²) in [6, 6.07) is 17.0. The van der Waals surface area contributed by atoms with E-state index in [1.165, 1.54) is 40.7 Å². The Bertz CT molecular complexity index is 719. The van der Waals surface area contributed by atoms with Gasteiger partial charge in [-0.15, -0.1) is 0 Å². The summed E-state index contributed by atoms with van der Waals surface area (Å²) in [4.78, 5) is 12.7. The number of hydrogen-bond acceptors (Lipinski definition) is 1. The van der Waals surface area contributed by atoms with Crippen LogP contribution in [-0.4, -0.2) is 5.78 Å². The number of rotatable bonds is 0. The van der Waals surface area contributed by atoms with E-state index in [1.54, 1.807) is 0 Å². The molecule has 110 valence electrons. The molecule has 2 aliphatic carbocycles. The lowest BCUT2D eigenvalue weighted by atomic mass is 9.88. The van der Waals surface area contributed by atoms with E-state index < -0.39 is 0 Å². The molecule has 1 nitrogen and oxygen atoms in total. The third kappa shape index (κ3) is 2.12. The van der Waals surface area contributed by atoms with Crippen LogP contribution in [0.2, 0.25) is 0 Å². The van der Waals surface area contributed by atoms with E-state index in [0.717, 1.165) is 24.8 Å². The smallest absolute Gasteiger partial charge is 0.159 e. The van der Waals surface area contributed by atoms with Gasteiger partial charge in [-0.1, -0.05) is 61.4 Å². The van der Waals surface area contributed by atoms with E-state index in [-0.39, 0.29) is 0 Å². The maximum Gasteiger partial charge on any atom is 0.159 e. The third-order valence-corrected chi connectivity index (χ3v) is 4.90. The highest BCUT2D eigenvalue weighted by molar-refractivity contribution is 6.12. The first-order valence-corrected chi connectivity index (χ1v) is 8.32. The minimum atomic E-state index is 0.362. The molecule has 0 heterocycles. The van der Waals surface area contributed by atoms with Crippen LogP contribution in [0.4, 0.5) is 0 Å². The molecule has 0 amide bonds. The van der Waals surface area contributed by atoms with Crippen molar-refractivity contribution in [3.05, 3.63) is 65.2 Å². The lowest BCUT2D eigenvalue weighted by Crippen LogP contribution is -2.08. The van der Waals surface area contributed by atoms with Crippen LogP contribution >= 0.6 is 0 Å². The standard InChI is InChI=1S/C21H20O/c22-20-14-4-2-1-3-13-19(20)21-17-11-7-5-9-15(17)16-10-6-8-12-18(16)21/h5-12H,1-4,13-14H2. The molecular weight excluding hydrogens is 268 g/mol. The van der Waals surface area contributed by atoms with Gasteiger partial charge in [-0.2, -0.15) is 0 Å². The van der Waals surface area contributed by atoms with Gasteiger partial charge in [0.05, 0.1) is 0 Å². The van der Waals surface area contributed by atoms with Crippen LogP contribution in [-0.2, 0) is 4.79 Å². The van der Waals surface area contributed by atoms with Gasteiger partial charge < -0.3 is 0 Å². The second-order valence-electron chi connectivity index (χ2n) is 6.28. The molecule has 0 radical (unpaired) electrons. The highest BCUT2D eigenvalue weighted by atomic mass is 16.1. The summed E-state index contributed by atoms with van der Waals surface area (Å²) < 4.78 is 0. The molecule has 0 unspecified atom stereocenters. The molecule has 0 aliphatic heterocycles. The minimum Gasteiger partial charge on any atom is -0.295 e. The van der Waals surface area contributed by atoms with Crippen molar-refractivity contribution < 1.29 is 4.79 Å². The monoisotopic (exact) mass is 288 g/mol. The molecule has 0 aromatic heterocycles. The van der Waals surface area contributed by atoms with E-state index >= 15 is 0 Å². The van der Waals surface area contributed by atoms with Gasteiger partial charge in [0.2, 0.25) is 0 Å².